The summed E-state index contributed by atoms with van der Waals surface area (Å²) in [6.45, 7) is 1.41. The van der Waals surface area contributed by atoms with Crippen LogP contribution in [0.25, 0.3) is 0 Å². The van der Waals surface area contributed by atoms with Gasteiger partial charge in [-0.1, -0.05) is 15.9 Å². The largest absolute Gasteiger partial charge is 0.468 e. The smallest absolute Gasteiger partial charge is 0.321 e. The Labute approximate surface area is 125 Å². The van der Waals surface area contributed by atoms with Crippen molar-refractivity contribution in [3.05, 3.63) is 36.7 Å². The lowest BCUT2D eigenvalue weighted by atomic mass is 10.2. The highest BCUT2D eigenvalue weighted by atomic mass is 79.9. The normalized spacial score (nSPS) is 12.0. The van der Waals surface area contributed by atoms with Gasteiger partial charge in [0.2, 0.25) is 0 Å². The standard InChI is InChI=1S/C10H10Br2N2O5/c1-5-7(14(17)18)4-13(9(15)8(5)12)3-6(11)10(16)19-2/h4,6H,3H2,1-2H3. The fraction of sp³-hybridized carbons (Fsp3) is 0.400. The van der Waals surface area contributed by atoms with Gasteiger partial charge >= 0.3 is 5.97 Å². The minimum Gasteiger partial charge on any atom is -0.468 e. The second-order valence-electron chi connectivity index (χ2n) is 3.66. The van der Waals surface area contributed by atoms with E-state index in [0.29, 0.717) is 0 Å². The molecule has 0 amide bonds. The third-order valence-corrected chi connectivity index (χ3v) is 4.05. The molecule has 7 nitrogen and oxygen atoms in total. The zero-order chi connectivity index (χ0) is 14.7. The zero-order valence-corrected chi connectivity index (χ0v) is 13.2. The molecule has 1 atom stereocenters. The number of methoxy groups -OCH3 is 1. The monoisotopic (exact) mass is 396 g/mol. The molecule has 9 heteroatoms. The third kappa shape index (κ3) is 3.41. The molecule has 104 valence electrons. The molecule has 1 aromatic rings. The molecule has 1 unspecified atom stereocenters. The van der Waals surface area contributed by atoms with Gasteiger partial charge in [-0.3, -0.25) is 19.7 Å². The first-order valence-corrected chi connectivity index (χ1v) is 6.76. The van der Waals surface area contributed by atoms with Crippen molar-refractivity contribution in [2.24, 2.45) is 0 Å². The summed E-state index contributed by atoms with van der Waals surface area (Å²) in [4.78, 5) is 32.7. The molecule has 0 aliphatic heterocycles. The Morgan fingerprint density at radius 2 is 2.21 bits per heavy atom. The van der Waals surface area contributed by atoms with Crippen molar-refractivity contribution in [3.8, 4) is 0 Å². The van der Waals surface area contributed by atoms with Crippen LogP contribution >= 0.6 is 31.9 Å². The van der Waals surface area contributed by atoms with Crippen LogP contribution in [0.5, 0.6) is 0 Å². The molecule has 0 aliphatic rings. The number of pyridine rings is 1. The van der Waals surface area contributed by atoms with Crippen molar-refractivity contribution < 1.29 is 14.5 Å². The summed E-state index contributed by atoms with van der Waals surface area (Å²) >= 11 is 6.08. The Morgan fingerprint density at radius 3 is 2.68 bits per heavy atom. The number of esters is 1. The van der Waals surface area contributed by atoms with Gasteiger partial charge in [0, 0.05) is 12.1 Å². The van der Waals surface area contributed by atoms with Crippen LogP contribution < -0.4 is 5.56 Å². The molecule has 0 aromatic carbocycles. The first-order chi connectivity index (χ1) is 8.79. The van der Waals surface area contributed by atoms with E-state index in [-0.39, 0.29) is 22.3 Å². The fourth-order valence-electron chi connectivity index (χ4n) is 1.40. The maximum atomic E-state index is 11.9. The predicted octanol–water partition coefficient (Wildman–Crippen LogP) is 1.76. The Hall–Kier alpha value is -1.22. The molecule has 1 heterocycles. The van der Waals surface area contributed by atoms with Gasteiger partial charge in [-0.2, -0.15) is 0 Å². The number of rotatable bonds is 4. The lowest BCUT2D eigenvalue weighted by molar-refractivity contribution is -0.386. The van der Waals surface area contributed by atoms with Gasteiger partial charge in [0.05, 0.1) is 22.7 Å². The quantitative estimate of drug-likeness (QED) is 0.334. The molecule has 0 N–H and O–H groups in total. The van der Waals surface area contributed by atoms with E-state index >= 15 is 0 Å². The number of nitrogens with zero attached hydrogens (tertiary/aromatic N) is 2. The van der Waals surface area contributed by atoms with Gasteiger partial charge in [-0.25, -0.2) is 0 Å². The van der Waals surface area contributed by atoms with Crippen LogP contribution in [-0.4, -0.2) is 27.4 Å². The molecule has 0 fully saturated rings. The third-order valence-electron chi connectivity index (χ3n) is 2.45. The minimum absolute atomic E-state index is 0.0643. The maximum absolute atomic E-state index is 11.9. The van der Waals surface area contributed by atoms with Crippen molar-refractivity contribution in [2.75, 3.05) is 7.11 Å². The lowest BCUT2D eigenvalue weighted by Crippen LogP contribution is -2.29. The van der Waals surface area contributed by atoms with Crippen LogP contribution in [0, 0.1) is 17.0 Å². The van der Waals surface area contributed by atoms with Gasteiger partial charge in [0.15, 0.2) is 0 Å². The predicted molar refractivity (Wildman–Crippen MR) is 74.5 cm³/mol. The fourth-order valence-corrected chi connectivity index (χ4v) is 2.33. The summed E-state index contributed by atoms with van der Waals surface area (Å²) in [5, 5.41) is 10.9. The van der Waals surface area contributed by atoms with Crippen LogP contribution in [0.3, 0.4) is 0 Å². The lowest BCUT2D eigenvalue weighted by Gasteiger charge is -2.11. The highest BCUT2D eigenvalue weighted by Gasteiger charge is 2.22. The molecule has 0 aliphatic carbocycles. The Kier molecular flexibility index (Phi) is 5.24. The van der Waals surface area contributed by atoms with Crippen LogP contribution in [0.2, 0.25) is 0 Å². The number of ether oxygens (including phenoxy) is 1. The van der Waals surface area contributed by atoms with Crippen LogP contribution in [0.15, 0.2) is 15.5 Å². The molecule has 0 saturated heterocycles. The molecule has 0 radical (unpaired) electrons. The molecule has 0 bridgehead atoms. The van der Waals surface area contributed by atoms with Crippen molar-refractivity contribution >= 4 is 43.5 Å². The van der Waals surface area contributed by atoms with E-state index in [1.807, 2.05) is 0 Å². The molecular weight excluding hydrogens is 388 g/mol. The first kappa shape index (κ1) is 15.8. The van der Waals surface area contributed by atoms with E-state index < -0.39 is 21.3 Å². The molecule has 1 rings (SSSR count). The first-order valence-electron chi connectivity index (χ1n) is 5.05. The SMILES string of the molecule is COC(=O)C(Br)Cn1cc([N+](=O)[O-])c(C)c(Br)c1=O. The van der Waals surface area contributed by atoms with E-state index in [2.05, 4.69) is 36.6 Å². The Bertz CT molecular complexity index is 584. The summed E-state index contributed by atoms with van der Waals surface area (Å²) in [6.07, 6.45) is 1.11. The van der Waals surface area contributed by atoms with Gasteiger partial charge in [0.1, 0.15) is 4.83 Å². The number of hydrogen-bond acceptors (Lipinski definition) is 5. The van der Waals surface area contributed by atoms with Crippen molar-refractivity contribution in [1.82, 2.24) is 4.57 Å². The average Bonchev–Trinajstić information content (AvgIpc) is 2.37. The van der Waals surface area contributed by atoms with E-state index in [4.69, 9.17) is 0 Å². The Balaban J connectivity index is 3.26. The number of carbonyl (C=O) groups is 1. The summed E-state index contributed by atoms with van der Waals surface area (Å²) < 4.78 is 5.70. The Morgan fingerprint density at radius 1 is 1.63 bits per heavy atom. The number of hydrogen-bond donors (Lipinski definition) is 0. The van der Waals surface area contributed by atoms with Gasteiger partial charge in [0.25, 0.3) is 11.2 Å². The van der Waals surface area contributed by atoms with Gasteiger partial charge < -0.3 is 9.30 Å². The van der Waals surface area contributed by atoms with Crippen LogP contribution in [0.1, 0.15) is 5.56 Å². The number of nitro groups is 1. The van der Waals surface area contributed by atoms with Gasteiger partial charge in [-0.05, 0) is 22.9 Å². The van der Waals surface area contributed by atoms with E-state index in [1.165, 1.54) is 14.0 Å². The van der Waals surface area contributed by atoms with Crippen molar-refractivity contribution in [1.29, 1.82) is 0 Å². The average molecular weight is 398 g/mol. The maximum Gasteiger partial charge on any atom is 0.321 e. The van der Waals surface area contributed by atoms with Crippen LogP contribution in [-0.2, 0) is 16.1 Å². The minimum atomic E-state index is -0.760. The van der Waals surface area contributed by atoms with E-state index in [9.17, 15) is 19.7 Å². The summed E-state index contributed by atoms with van der Waals surface area (Å²) in [6, 6.07) is 0. The summed E-state index contributed by atoms with van der Waals surface area (Å²) in [5.74, 6) is -0.564. The van der Waals surface area contributed by atoms with E-state index in [0.717, 1.165) is 10.8 Å². The summed E-state index contributed by atoms with van der Waals surface area (Å²) in [5.41, 5.74) is -0.400. The molecule has 0 saturated carbocycles. The van der Waals surface area contributed by atoms with E-state index in [1.54, 1.807) is 0 Å². The topological polar surface area (TPSA) is 91.4 Å². The van der Waals surface area contributed by atoms with Crippen LogP contribution in [0.4, 0.5) is 5.69 Å². The second-order valence-corrected chi connectivity index (χ2v) is 5.56. The number of carbonyl (C=O) groups excluding carboxylic acids is 1. The van der Waals surface area contributed by atoms with Crippen molar-refractivity contribution in [2.45, 2.75) is 18.3 Å². The highest BCUT2D eigenvalue weighted by Crippen LogP contribution is 2.22. The number of halogens is 2. The van der Waals surface area contributed by atoms with Crippen molar-refractivity contribution in [3.63, 3.8) is 0 Å². The summed E-state index contributed by atoms with van der Waals surface area (Å²) in [7, 11) is 1.22. The molecular formula is C10H10Br2N2O5. The highest BCUT2D eigenvalue weighted by molar-refractivity contribution is 9.10. The zero-order valence-electron chi connectivity index (χ0n) is 10.1. The number of alkyl halides is 1. The van der Waals surface area contributed by atoms with Gasteiger partial charge in [-0.15, -0.1) is 0 Å². The molecule has 0 spiro atoms. The molecule has 19 heavy (non-hydrogen) atoms. The molecule has 1 aromatic heterocycles. The number of aromatic nitrogens is 1. The second kappa shape index (κ2) is 6.29.